The highest BCUT2D eigenvalue weighted by Gasteiger charge is 2.11. The zero-order valence-corrected chi connectivity index (χ0v) is 18.3. The summed E-state index contributed by atoms with van der Waals surface area (Å²) in [5.41, 5.74) is 3.08. The Kier molecular flexibility index (Phi) is 8.12. The fourth-order valence-electron chi connectivity index (χ4n) is 3.59. The summed E-state index contributed by atoms with van der Waals surface area (Å²) in [5, 5.41) is 0. The number of aromatic nitrogens is 2. The van der Waals surface area contributed by atoms with Gasteiger partial charge in [0.25, 0.3) is 5.56 Å². The van der Waals surface area contributed by atoms with E-state index in [-0.39, 0.29) is 5.56 Å². The van der Waals surface area contributed by atoms with E-state index in [9.17, 15) is 4.79 Å². The number of hydrogen-bond donors (Lipinski definition) is 0. The Balaban J connectivity index is 1.90. The molecule has 0 aliphatic heterocycles. The van der Waals surface area contributed by atoms with Gasteiger partial charge in [0.15, 0.2) is 0 Å². The van der Waals surface area contributed by atoms with Gasteiger partial charge in [0.1, 0.15) is 5.82 Å². The molecule has 0 radical (unpaired) electrons. The molecule has 0 saturated carbocycles. The largest absolute Gasteiger partial charge is 0.269 e. The Morgan fingerprint density at radius 1 is 0.897 bits per heavy atom. The first kappa shape index (κ1) is 21.4. The van der Waals surface area contributed by atoms with Crippen LogP contribution in [0.25, 0.3) is 16.9 Å². The summed E-state index contributed by atoms with van der Waals surface area (Å²) >= 11 is 1.72. The van der Waals surface area contributed by atoms with Crippen molar-refractivity contribution in [2.75, 3.05) is 6.26 Å². The van der Waals surface area contributed by atoms with Crippen LogP contribution in [0, 0.1) is 0 Å². The molecule has 152 valence electrons. The first-order valence-electron chi connectivity index (χ1n) is 10.5. The summed E-state index contributed by atoms with van der Waals surface area (Å²) in [4.78, 5) is 18.7. The van der Waals surface area contributed by atoms with Gasteiger partial charge in [0.05, 0.1) is 0 Å². The average molecular weight is 407 g/mol. The van der Waals surface area contributed by atoms with Gasteiger partial charge in [-0.2, -0.15) is 0 Å². The lowest BCUT2D eigenvalue weighted by atomic mass is 10.0. The minimum absolute atomic E-state index is 0.0175. The van der Waals surface area contributed by atoms with E-state index >= 15 is 0 Å². The third kappa shape index (κ3) is 5.83. The Labute approximate surface area is 178 Å². The highest BCUT2D eigenvalue weighted by molar-refractivity contribution is 7.98. The molecule has 0 spiro atoms. The van der Waals surface area contributed by atoms with Gasteiger partial charge in [-0.3, -0.25) is 9.36 Å². The van der Waals surface area contributed by atoms with Gasteiger partial charge in [0, 0.05) is 22.9 Å². The number of nitrogens with zero attached hydrogens (tertiary/aromatic N) is 2. The summed E-state index contributed by atoms with van der Waals surface area (Å²) in [5.74, 6) is 0.697. The molecule has 0 amide bonds. The molecule has 0 N–H and O–H groups in total. The van der Waals surface area contributed by atoms with Crippen molar-refractivity contribution >= 4 is 11.8 Å². The van der Waals surface area contributed by atoms with Gasteiger partial charge < -0.3 is 0 Å². The quantitative estimate of drug-likeness (QED) is 0.284. The van der Waals surface area contributed by atoms with Crippen molar-refractivity contribution in [2.45, 2.75) is 56.8 Å². The minimum Gasteiger partial charge on any atom is -0.269 e. The number of thioether (sulfide) groups is 1. The van der Waals surface area contributed by atoms with E-state index < -0.39 is 0 Å². The molecule has 4 heteroatoms. The monoisotopic (exact) mass is 406 g/mol. The van der Waals surface area contributed by atoms with Crippen LogP contribution in [0.2, 0.25) is 0 Å². The van der Waals surface area contributed by atoms with Crippen molar-refractivity contribution in [3.05, 3.63) is 76.8 Å². The molecule has 2 heterocycles. The minimum atomic E-state index is -0.0175. The summed E-state index contributed by atoms with van der Waals surface area (Å²) in [6.45, 7) is 2.24. The van der Waals surface area contributed by atoms with E-state index in [1.165, 1.54) is 37.0 Å². The fourth-order valence-corrected chi connectivity index (χ4v) is 4.00. The SMILES string of the molecule is CCCCCCCCc1cc(-c2ccc(SC)cc2)cc(=O)n1-c1ccccn1. The highest BCUT2D eigenvalue weighted by atomic mass is 32.2. The molecular formula is C25H30N2OS. The Hall–Kier alpha value is -2.33. The molecule has 0 bridgehead atoms. The van der Waals surface area contributed by atoms with Gasteiger partial charge in [-0.1, -0.05) is 57.2 Å². The molecule has 0 atom stereocenters. The lowest BCUT2D eigenvalue weighted by Crippen LogP contribution is -2.22. The number of rotatable bonds is 10. The molecule has 0 aliphatic rings. The predicted molar refractivity (Wildman–Crippen MR) is 124 cm³/mol. The first-order chi connectivity index (χ1) is 14.2. The highest BCUT2D eigenvalue weighted by Crippen LogP contribution is 2.24. The predicted octanol–water partition coefficient (Wildman–Crippen LogP) is 6.52. The van der Waals surface area contributed by atoms with Gasteiger partial charge in [-0.25, -0.2) is 4.98 Å². The summed E-state index contributed by atoms with van der Waals surface area (Å²) in [7, 11) is 0. The molecule has 2 aromatic heterocycles. The third-order valence-corrected chi connectivity index (χ3v) is 5.94. The molecule has 3 aromatic rings. The van der Waals surface area contributed by atoms with Crippen molar-refractivity contribution in [1.29, 1.82) is 0 Å². The topological polar surface area (TPSA) is 34.9 Å². The number of aryl methyl sites for hydroxylation is 1. The van der Waals surface area contributed by atoms with Crippen molar-refractivity contribution in [3.63, 3.8) is 0 Å². The van der Waals surface area contributed by atoms with E-state index in [1.54, 1.807) is 28.6 Å². The second-order valence-corrected chi connectivity index (χ2v) is 8.22. The van der Waals surface area contributed by atoms with Crippen LogP contribution in [0.4, 0.5) is 0 Å². The zero-order valence-electron chi connectivity index (χ0n) is 17.4. The summed E-state index contributed by atoms with van der Waals surface area (Å²) in [6.07, 6.45) is 12.1. The van der Waals surface area contributed by atoms with Crippen LogP contribution in [0.3, 0.4) is 0 Å². The Bertz CT molecular complexity index is 949. The van der Waals surface area contributed by atoms with Gasteiger partial charge in [-0.15, -0.1) is 11.8 Å². The number of hydrogen-bond acceptors (Lipinski definition) is 3. The maximum absolute atomic E-state index is 13.1. The number of benzene rings is 1. The normalized spacial score (nSPS) is 11.0. The lowest BCUT2D eigenvalue weighted by Gasteiger charge is -2.14. The molecule has 0 unspecified atom stereocenters. The van der Waals surface area contributed by atoms with Crippen LogP contribution in [0.15, 0.2) is 70.5 Å². The maximum Gasteiger partial charge on any atom is 0.257 e. The Morgan fingerprint density at radius 3 is 2.34 bits per heavy atom. The van der Waals surface area contributed by atoms with Crippen LogP contribution in [-0.4, -0.2) is 15.8 Å². The first-order valence-corrected chi connectivity index (χ1v) is 11.8. The van der Waals surface area contributed by atoms with Crippen molar-refractivity contribution in [1.82, 2.24) is 9.55 Å². The van der Waals surface area contributed by atoms with E-state index in [1.807, 2.05) is 18.2 Å². The van der Waals surface area contributed by atoms with E-state index in [4.69, 9.17) is 0 Å². The maximum atomic E-state index is 13.1. The molecular weight excluding hydrogens is 376 g/mol. The standard InChI is InChI=1S/C25H30N2OS/c1-3-4-5-6-7-8-11-22-18-21(20-13-15-23(29-2)16-14-20)19-25(28)27(22)24-12-9-10-17-26-24/h9-10,12-19H,3-8,11H2,1-2H3. The van der Waals surface area contributed by atoms with Crippen LogP contribution < -0.4 is 5.56 Å². The molecule has 3 nitrogen and oxygen atoms in total. The molecule has 0 aliphatic carbocycles. The van der Waals surface area contributed by atoms with Crippen LogP contribution in [0.5, 0.6) is 0 Å². The second kappa shape index (κ2) is 11.0. The third-order valence-electron chi connectivity index (χ3n) is 5.20. The Morgan fingerprint density at radius 2 is 1.66 bits per heavy atom. The fraction of sp³-hybridized carbons (Fsp3) is 0.360. The molecule has 3 rings (SSSR count). The molecule has 29 heavy (non-hydrogen) atoms. The molecule has 0 fully saturated rings. The summed E-state index contributed by atoms with van der Waals surface area (Å²) < 4.78 is 1.77. The van der Waals surface area contributed by atoms with Gasteiger partial charge in [-0.05, 0) is 60.6 Å². The van der Waals surface area contributed by atoms with Crippen molar-refractivity contribution in [2.24, 2.45) is 0 Å². The van der Waals surface area contributed by atoms with E-state index in [0.29, 0.717) is 5.82 Å². The van der Waals surface area contributed by atoms with E-state index in [2.05, 4.69) is 48.5 Å². The number of pyridine rings is 2. The van der Waals surface area contributed by atoms with E-state index in [0.717, 1.165) is 29.7 Å². The molecule has 1 aromatic carbocycles. The van der Waals surface area contributed by atoms with Gasteiger partial charge >= 0.3 is 0 Å². The average Bonchev–Trinajstić information content (AvgIpc) is 2.76. The van der Waals surface area contributed by atoms with Crippen molar-refractivity contribution in [3.8, 4) is 16.9 Å². The van der Waals surface area contributed by atoms with Crippen LogP contribution >= 0.6 is 11.8 Å². The second-order valence-electron chi connectivity index (χ2n) is 7.34. The van der Waals surface area contributed by atoms with Crippen LogP contribution in [0.1, 0.15) is 51.1 Å². The van der Waals surface area contributed by atoms with Crippen molar-refractivity contribution < 1.29 is 0 Å². The lowest BCUT2D eigenvalue weighted by molar-refractivity contribution is 0.600. The van der Waals surface area contributed by atoms with Crippen LogP contribution in [-0.2, 0) is 6.42 Å². The van der Waals surface area contributed by atoms with Gasteiger partial charge in [0.2, 0.25) is 0 Å². The molecule has 0 saturated heterocycles. The smallest absolute Gasteiger partial charge is 0.257 e. The zero-order chi connectivity index (χ0) is 20.5. The number of unbranched alkanes of at least 4 members (excludes halogenated alkanes) is 5. The summed E-state index contributed by atoms with van der Waals surface area (Å²) in [6, 6.07) is 18.0.